The molecule has 1 aromatic carbocycles. The number of aryl methyl sites for hydroxylation is 1. The molecule has 1 heterocycles. The van der Waals surface area contributed by atoms with Crippen LogP contribution >= 0.6 is 0 Å². The monoisotopic (exact) mass is 264 g/mol. The molecule has 0 aliphatic carbocycles. The second-order valence-corrected chi connectivity index (χ2v) is 3.95. The summed E-state index contributed by atoms with van der Waals surface area (Å²) in [7, 11) is 0. The number of ketones is 1. The Morgan fingerprint density at radius 3 is 2.74 bits per heavy atom. The first-order chi connectivity index (χ1) is 8.91. The van der Waals surface area contributed by atoms with Gasteiger partial charge in [0.1, 0.15) is 0 Å². The lowest BCUT2D eigenvalue weighted by atomic mass is 10.2. The molecule has 19 heavy (non-hydrogen) atoms. The van der Waals surface area contributed by atoms with E-state index in [0.717, 1.165) is 4.68 Å². The minimum atomic E-state index is -0.823. The molecule has 0 unspecified atom stereocenters. The minimum Gasteiger partial charge on any atom is -0.287 e. The fraction of sp³-hybridized carbons (Fsp3) is 0.182. The van der Waals surface area contributed by atoms with Crippen LogP contribution in [0.2, 0.25) is 0 Å². The van der Waals surface area contributed by atoms with Gasteiger partial charge in [-0.25, -0.2) is 4.79 Å². The van der Waals surface area contributed by atoms with Gasteiger partial charge in [0.25, 0.3) is 5.69 Å². The van der Waals surface area contributed by atoms with Gasteiger partial charge in [0.2, 0.25) is 11.5 Å². The van der Waals surface area contributed by atoms with Gasteiger partial charge in [0, 0.05) is 18.6 Å². The van der Waals surface area contributed by atoms with Crippen LogP contribution in [0.25, 0.3) is 5.69 Å². The van der Waals surface area contributed by atoms with E-state index in [1.165, 1.54) is 19.1 Å². The van der Waals surface area contributed by atoms with E-state index in [1.807, 2.05) is 0 Å². The molecule has 1 aromatic heterocycles. The minimum absolute atomic E-state index is 0.110. The van der Waals surface area contributed by atoms with E-state index in [9.17, 15) is 19.7 Å². The third-order valence-electron chi connectivity index (χ3n) is 2.63. The van der Waals surface area contributed by atoms with E-state index >= 15 is 0 Å². The zero-order chi connectivity index (χ0) is 14.2. The maximum absolute atomic E-state index is 11.4. The number of H-pyrrole nitrogens is 1. The Hall–Kier alpha value is -2.77. The number of nitrogens with one attached hydrogen (secondary N) is 1. The van der Waals surface area contributed by atoms with Gasteiger partial charge < -0.3 is 0 Å². The Morgan fingerprint density at radius 2 is 2.16 bits per heavy atom. The number of nitrogens with zero attached hydrogens (tertiary/aromatic N) is 2. The fourth-order valence-corrected chi connectivity index (χ4v) is 1.69. The van der Waals surface area contributed by atoms with Gasteiger partial charge in [0.05, 0.1) is 11.0 Å². The van der Waals surface area contributed by atoms with Gasteiger partial charge in [-0.2, -0.15) is 0 Å². The van der Waals surface area contributed by atoms with Crippen LogP contribution in [0.1, 0.15) is 23.0 Å². The quantitative estimate of drug-likeness (QED) is 0.379. The molecule has 2 aromatic rings. The highest BCUT2D eigenvalue weighted by atomic mass is 16.6. The van der Waals surface area contributed by atoms with Crippen LogP contribution in [0, 0.1) is 17.0 Å². The van der Waals surface area contributed by atoms with Crippen molar-refractivity contribution < 1.29 is 18.9 Å². The second-order valence-electron chi connectivity index (χ2n) is 3.95. The molecule has 0 fully saturated rings. The van der Waals surface area contributed by atoms with Crippen molar-refractivity contribution in [2.24, 2.45) is 0 Å². The summed E-state index contributed by atoms with van der Waals surface area (Å²) >= 11 is 0. The zero-order valence-corrected chi connectivity index (χ0v) is 10.2. The van der Waals surface area contributed by atoms with Crippen molar-refractivity contribution in [3.05, 3.63) is 50.0 Å². The second kappa shape index (κ2) is 4.48. The number of Topliss-reactive ketones (excluding diaryl/α,β-unsaturated/α-hetero) is 1. The maximum atomic E-state index is 11.4. The van der Waals surface area contributed by atoms with Crippen LogP contribution < -0.4 is 10.3 Å². The molecular formula is C11H10N3O5+. The van der Waals surface area contributed by atoms with Crippen molar-refractivity contribution >= 4 is 11.5 Å². The normalized spacial score (nSPS) is 10.4. The first kappa shape index (κ1) is 12.7. The van der Waals surface area contributed by atoms with Crippen LogP contribution in [-0.2, 0) is 0 Å². The van der Waals surface area contributed by atoms with Crippen LogP contribution in [0.3, 0.4) is 0 Å². The number of carbonyl (C=O) groups excluding carboxylic acids is 1. The molecule has 1 N–H and O–H groups in total. The first-order valence-corrected chi connectivity index (χ1v) is 5.31. The summed E-state index contributed by atoms with van der Waals surface area (Å²) in [6.45, 7) is 2.80. The number of carbonyl (C=O) groups is 1. The molecule has 8 nitrogen and oxygen atoms in total. The fourth-order valence-electron chi connectivity index (χ4n) is 1.69. The van der Waals surface area contributed by atoms with Crippen molar-refractivity contribution in [1.29, 1.82) is 0 Å². The number of aromatic amines is 1. The number of nitro benzene ring substituents is 1. The lowest BCUT2D eigenvalue weighted by molar-refractivity contribution is -0.672. The number of nitro groups is 1. The molecule has 0 bridgehead atoms. The van der Waals surface area contributed by atoms with Gasteiger partial charge >= 0.3 is 11.3 Å². The molecule has 0 aliphatic rings. The Balaban J connectivity index is 2.67. The number of hydrogen-bond donors (Lipinski definition) is 1. The summed E-state index contributed by atoms with van der Waals surface area (Å²) in [5, 5.41) is 13.1. The zero-order valence-electron chi connectivity index (χ0n) is 10.2. The topological polar surface area (TPSA) is 110 Å². The molecule has 8 heteroatoms. The molecule has 2 rings (SSSR count). The summed E-state index contributed by atoms with van der Waals surface area (Å²) in [6.07, 6.45) is 0. The Morgan fingerprint density at radius 1 is 1.47 bits per heavy atom. The highest BCUT2D eigenvalue weighted by molar-refractivity contribution is 5.90. The molecular weight excluding hydrogens is 254 g/mol. The van der Waals surface area contributed by atoms with Gasteiger partial charge in [-0.05, 0) is 22.9 Å². The molecule has 0 spiro atoms. The van der Waals surface area contributed by atoms with Crippen LogP contribution in [0.4, 0.5) is 5.69 Å². The first-order valence-electron chi connectivity index (χ1n) is 5.31. The van der Waals surface area contributed by atoms with Crippen LogP contribution in [0.5, 0.6) is 0 Å². The van der Waals surface area contributed by atoms with Crippen molar-refractivity contribution in [3.8, 4) is 5.69 Å². The Kier molecular flexibility index (Phi) is 2.99. The van der Waals surface area contributed by atoms with Gasteiger partial charge in [-0.1, -0.05) is 0 Å². The number of aromatic nitrogens is 2. The molecule has 0 radical (unpaired) electrons. The predicted octanol–water partition coefficient (Wildman–Crippen LogP) is 0.664. The highest BCUT2D eigenvalue weighted by Gasteiger charge is 2.29. The standard InChI is InChI=1S/C11H9N3O5/c1-6-3-4-8(5-9(6)14(17)18)13-10(7(2)15)11(16)19-12-13/h3-5H,1-2H3/p+1. The number of hydrogen-bond acceptors (Lipinski definition) is 5. The van der Waals surface area contributed by atoms with Gasteiger partial charge in [-0.3, -0.25) is 19.4 Å². The molecule has 0 saturated heterocycles. The van der Waals surface area contributed by atoms with Crippen molar-refractivity contribution in [2.75, 3.05) is 0 Å². The predicted molar refractivity (Wildman–Crippen MR) is 62.3 cm³/mol. The molecule has 0 saturated carbocycles. The third kappa shape index (κ3) is 2.15. The van der Waals surface area contributed by atoms with Crippen molar-refractivity contribution in [2.45, 2.75) is 13.8 Å². The summed E-state index contributed by atoms with van der Waals surface area (Å²) < 4.78 is 5.61. The highest BCUT2D eigenvalue weighted by Crippen LogP contribution is 2.19. The van der Waals surface area contributed by atoms with Gasteiger partial charge in [0.15, 0.2) is 0 Å². The smallest absolute Gasteiger partial charge is 0.287 e. The van der Waals surface area contributed by atoms with Crippen molar-refractivity contribution in [1.82, 2.24) is 5.27 Å². The average Bonchev–Trinajstić information content (AvgIpc) is 2.71. The Bertz CT molecular complexity index is 728. The van der Waals surface area contributed by atoms with E-state index in [-0.39, 0.29) is 17.1 Å². The summed E-state index contributed by atoms with van der Waals surface area (Å²) in [5.74, 6) is -0.502. The SMILES string of the molecule is CC(=O)c1c(=O)o[nH][n+]1-c1ccc(C)c([N+](=O)[O-])c1. The largest absolute Gasteiger partial charge is 0.438 e. The summed E-state index contributed by atoms with van der Waals surface area (Å²) in [5.41, 5.74) is -0.409. The molecule has 0 aliphatic heterocycles. The molecule has 0 amide bonds. The van der Waals surface area contributed by atoms with E-state index < -0.39 is 16.3 Å². The lowest BCUT2D eigenvalue weighted by Crippen LogP contribution is -2.40. The van der Waals surface area contributed by atoms with Crippen molar-refractivity contribution in [3.63, 3.8) is 0 Å². The number of benzene rings is 1. The Labute approximate surface area is 106 Å². The molecule has 98 valence electrons. The summed E-state index contributed by atoms with van der Waals surface area (Å²) in [4.78, 5) is 33.1. The van der Waals surface area contributed by atoms with E-state index in [0.29, 0.717) is 5.56 Å². The van der Waals surface area contributed by atoms with E-state index in [4.69, 9.17) is 0 Å². The van der Waals surface area contributed by atoms with Crippen LogP contribution in [-0.4, -0.2) is 16.0 Å². The maximum Gasteiger partial charge on any atom is 0.438 e. The van der Waals surface area contributed by atoms with E-state index in [2.05, 4.69) is 9.79 Å². The molecule has 0 atom stereocenters. The average molecular weight is 264 g/mol. The summed E-state index contributed by atoms with van der Waals surface area (Å²) in [6, 6.07) is 4.32. The van der Waals surface area contributed by atoms with E-state index in [1.54, 1.807) is 13.0 Å². The lowest BCUT2D eigenvalue weighted by Gasteiger charge is -1.96. The third-order valence-corrected chi connectivity index (χ3v) is 2.63. The van der Waals surface area contributed by atoms with Crippen LogP contribution in [0.15, 0.2) is 27.5 Å². The van der Waals surface area contributed by atoms with Gasteiger partial charge in [-0.15, -0.1) is 0 Å². The number of rotatable bonds is 3.